The third-order valence-corrected chi connectivity index (χ3v) is 6.07. The van der Waals surface area contributed by atoms with E-state index in [0.717, 1.165) is 0 Å². The van der Waals surface area contributed by atoms with E-state index in [1.165, 1.54) is 29.0 Å². The van der Waals surface area contributed by atoms with Gasteiger partial charge >= 0.3 is 10.2 Å². The van der Waals surface area contributed by atoms with Gasteiger partial charge in [-0.1, -0.05) is 4.89 Å². The molecule has 178 valence electrons. The van der Waals surface area contributed by atoms with Crippen LogP contribution in [0.15, 0.2) is 12.7 Å². The van der Waals surface area contributed by atoms with Crippen molar-refractivity contribution in [3.8, 4) is 0 Å². The maximum absolute atomic E-state index is 11.9. The van der Waals surface area contributed by atoms with Crippen LogP contribution < -0.4 is 21.1 Å². The van der Waals surface area contributed by atoms with E-state index in [1.807, 2.05) is 6.26 Å². The van der Waals surface area contributed by atoms with E-state index in [9.17, 15) is 23.4 Å². The van der Waals surface area contributed by atoms with E-state index >= 15 is 0 Å². The fraction of sp³-hybridized carbons (Fsp3) is 0.600. The van der Waals surface area contributed by atoms with Gasteiger partial charge in [0.15, 0.2) is 17.7 Å². The summed E-state index contributed by atoms with van der Waals surface area (Å²) in [5, 5.41) is 20.6. The third kappa shape index (κ3) is 5.44. The third-order valence-electron chi connectivity index (χ3n) is 4.62. The number of thioether (sulfide) groups is 1. The number of imidazole rings is 1. The van der Waals surface area contributed by atoms with Crippen LogP contribution in [-0.2, 0) is 24.6 Å². The molecule has 0 aliphatic carbocycles. The average Bonchev–Trinajstić information content (AvgIpc) is 3.28. The highest BCUT2D eigenvalue weighted by Gasteiger charge is 2.44. The van der Waals surface area contributed by atoms with Crippen LogP contribution in [-0.4, -0.2) is 87.0 Å². The number of aliphatic hydroxyl groups excluding tert-OH is 2. The molecule has 2 aromatic rings. The van der Waals surface area contributed by atoms with Crippen molar-refractivity contribution < 1.29 is 33.0 Å². The minimum Gasteiger partial charge on any atom is -0.387 e. The second-order valence-electron chi connectivity index (χ2n) is 6.88. The molecule has 0 bridgehead atoms. The van der Waals surface area contributed by atoms with Crippen LogP contribution in [0.3, 0.4) is 0 Å². The molecule has 1 unspecified atom stereocenters. The number of nitrogens with one attached hydrogen (secondary N) is 2. The molecule has 0 radical (unpaired) electrons. The zero-order valence-corrected chi connectivity index (χ0v) is 18.5. The van der Waals surface area contributed by atoms with Crippen molar-refractivity contribution in [2.75, 3.05) is 24.3 Å². The van der Waals surface area contributed by atoms with Gasteiger partial charge < -0.3 is 26.4 Å². The summed E-state index contributed by atoms with van der Waals surface area (Å²) in [4.78, 5) is 30.3. The first-order valence-electron chi connectivity index (χ1n) is 9.29. The molecule has 32 heavy (non-hydrogen) atoms. The number of fused-ring (bicyclic) bond motifs is 1. The zero-order valence-electron chi connectivity index (χ0n) is 16.9. The molecule has 1 fully saturated rings. The number of anilines is 1. The molecule has 1 aliphatic rings. The first-order valence-corrected chi connectivity index (χ1v) is 12.2. The van der Waals surface area contributed by atoms with E-state index in [0.29, 0.717) is 12.2 Å². The zero-order chi connectivity index (χ0) is 23.5. The lowest BCUT2D eigenvalue weighted by molar-refractivity contribution is -0.120. The molecule has 1 saturated heterocycles. The molecule has 1 aliphatic heterocycles. The predicted molar refractivity (Wildman–Crippen MR) is 113 cm³/mol. The lowest BCUT2D eigenvalue weighted by Crippen LogP contribution is -2.48. The Morgan fingerprint density at radius 2 is 2.12 bits per heavy atom. The number of carbonyl (C=O) groups is 1. The topological polar surface area (TPSA) is 230 Å². The molecule has 0 saturated carbocycles. The molecule has 8 N–H and O–H groups in total. The number of hydrogen-bond acceptors (Lipinski definition) is 13. The predicted octanol–water partition coefficient (Wildman–Crippen LogP) is -3.01. The van der Waals surface area contributed by atoms with Crippen LogP contribution in [0.4, 0.5) is 5.82 Å². The van der Waals surface area contributed by atoms with Crippen LogP contribution in [0.2, 0.25) is 0 Å². The van der Waals surface area contributed by atoms with E-state index in [2.05, 4.69) is 15.0 Å². The fourth-order valence-corrected chi connectivity index (χ4v) is 4.12. The van der Waals surface area contributed by atoms with E-state index in [4.69, 9.17) is 21.0 Å². The fourth-order valence-electron chi connectivity index (χ4n) is 2.95. The van der Waals surface area contributed by atoms with Crippen molar-refractivity contribution in [1.29, 1.82) is 0 Å². The average molecular weight is 493 g/mol. The minimum absolute atomic E-state index is 0.131. The van der Waals surface area contributed by atoms with E-state index in [-0.39, 0.29) is 17.0 Å². The Kier molecular flexibility index (Phi) is 7.83. The van der Waals surface area contributed by atoms with Crippen molar-refractivity contribution in [1.82, 2.24) is 29.1 Å². The maximum Gasteiger partial charge on any atom is 0.323 e. The number of amides is 1. The van der Waals surface area contributed by atoms with Gasteiger partial charge in [0.05, 0.1) is 19.0 Å². The molecule has 15 nitrogen and oxygen atoms in total. The highest BCUT2D eigenvalue weighted by atomic mass is 32.2. The summed E-state index contributed by atoms with van der Waals surface area (Å²) >= 11 is 1.47. The van der Waals surface area contributed by atoms with Crippen molar-refractivity contribution >= 4 is 44.9 Å². The summed E-state index contributed by atoms with van der Waals surface area (Å²) in [5.41, 5.74) is 11.9. The molecule has 0 spiro atoms. The molecule has 17 heteroatoms. The minimum atomic E-state index is -4.37. The van der Waals surface area contributed by atoms with Gasteiger partial charge in [0.1, 0.15) is 30.2 Å². The first-order chi connectivity index (χ1) is 15.1. The van der Waals surface area contributed by atoms with Gasteiger partial charge in [0, 0.05) is 0 Å². The number of aromatic nitrogens is 4. The number of nitrogens with two attached hydrogens (primary N) is 2. The molecule has 2 aromatic heterocycles. The quantitative estimate of drug-likeness (QED) is 0.182. The molecular formula is C15H24N8O7S2. The smallest absolute Gasteiger partial charge is 0.323 e. The molecular weight excluding hydrogens is 468 g/mol. The van der Waals surface area contributed by atoms with Gasteiger partial charge in [-0.05, 0) is 18.4 Å². The Morgan fingerprint density at radius 3 is 2.84 bits per heavy atom. The number of aliphatic hydroxyl groups is 2. The van der Waals surface area contributed by atoms with Crippen molar-refractivity contribution in [2.24, 2.45) is 5.73 Å². The van der Waals surface area contributed by atoms with E-state index in [1.54, 1.807) is 9.61 Å². The first kappa shape index (κ1) is 24.5. The Balaban J connectivity index is 1.57. The maximum atomic E-state index is 11.9. The largest absolute Gasteiger partial charge is 0.387 e. The number of carbonyl (C=O) groups excluding carboxylic acids is 1. The van der Waals surface area contributed by atoms with Crippen LogP contribution in [0.5, 0.6) is 0 Å². The second kappa shape index (κ2) is 10.2. The highest BCUT2D eigenvalue weighted by molar-refractivity contribution is 7.98. The standard InChI is InChI=1S/C15H24N8O7S2/c1-31-3-2-7(16)14(26)21-32(27,28)22-29-4-8-10(24)11(25)15(30-8)23-6-20-9-12(17)18-5-19-13(9)23/h5-8,10-11,15,22,24-25H,2-4,16H2,1H3,(H,21,26)(H2,17,18,19)/t7-,8+,10+,11+,15?/m0/s1. The van der Waals surface area contributed by atoms with Crippen LogP contribution >= 0.6 is 11.8 Å². The van der Waals surface area contributed by atoms with Crippen molar-refractivity contribution in [3.05, 3.63) is 12.7 Å². The monoisotopic (exact) mass is 492 g/mol. The van der Waals surface area contributed by atoms with Crippen LogP contribution in [0.1, 0.15) is 12.6 Å². The van der Waals surface area contributed by atoms with Crippen LogP contribution in [0.25, 0.3) is 11.2 Å². The highest BCUT2D eigenvalue weighted by Crippen LogP contribution is 2.31. The van der Waals surface area contributed by atoms with Gasteiger partial charge in [-0.2, -0.15) is 20.2 Å². The molecule has 3 rings (SSSR count). The second-order valence-corrected chi connectivity index (χ2v) is 9.24. The summed E-state index contributed by atoms with van der Waals surface area (Å²) in [5.74, 6) is -0.175. The molecule has 0 aromatic carbocycles. The Bertz CT molecular complexity index is 1050. The molecule has 1 amide bonds. The lowest BCUT2D eigenvalue weighted by Gasteiger charge is -2.16. The Morgan fingerprint density at radius 1 is 1.38 bits per heavy atom. The van der Waals surface area contributed by atoms with Gasteiger partial charge in [-0.3, -0.25) is 14.2 Å². The van der Waals surface area contributed by atoms with E-state index < -0.39 is 53.3 Å². The Hall–Kier alpha value is -2.12. The summed E-state index contributed by atoms with van der Waals surface area (Å²) < 4.78 is 32.6. The van der Waals surface area contributed by atoms with Gasteiger partial charge in [-0.25, -0.2) is 19.7 Å². The summed E-state index contributed by atoms with van der Waals surface area (Å²) in [6.45, 7) is -0.480. The lowest BCUT2D eigenvalue weighted by atomic mass is 10.1. The Labute approximate surface area is 187 Å². The SMILES string of the molecule is CSCC[C@H](N)C(=O)NS(=O)(=O)NOC[C@H]1OC(n2cnc3c(N)ncnc32)[C@H](O)[C@@H]1O. The van der Waals surface area contributed by atoms with Crippen molar-refractivity contribution in [2.45, 2.75) is 37.0 Å². The summed E-state index contributed by atoms with van der Waals surface area (Å²) in [6, 6.07) is -1.00. The van der Waals surface area contributed by atoms with Gasteiger partial charge in [-0.15, -0.1) is 0 Å². The van der Waals surface area contributed by atoms with Crippen LogP contribution in [0, 0.1) is 0 Å². The van der Waals surface area contributed by atoms with Crippen molar-refractivity contribution in [3.63, 3.8) is 0 Å². The summed E-state index contributed by atoms with van der Waals surface area (Å²) in [6.07, 6.45) is -0.376. The number of nitrogens with zero attached hydrogens (tertiary/aromatic N) is 4. The van der Waals surface area contributed by atoms with Gasteiger partial charge in [0.25, 0.3) is 5.91 Å². The normalized spacial score (nSPS) is 24.6. The molecule has 3 heterocycles. The number of hydrogen-bond donors (Lipinski definition) is 6. The molecule has 5 atom stereocenters. The number of ether oxygens (including phenoxy) is 1. The number of rotatable bonds is 10. The summed E-state index contributed by atoms with van der Waals surface area (Å²) in [7, 11) is -4.37. The number of nitrogen functional groups attached to an aromatic ring is 1. The van der Waals surface area contributed by atoms with Gasteiger partial charge in [0.2, 0.25) is 0 Å².